The van der Waals surface area contributed by atoms with Crippen LogP contribution in [0.4, 0.5) is 31.1 Å². The summed E-state index contributed by atoms with van der Waals surface area (Å²) in [6.07, 6.45) is -4.52. The van der Waals surface area contributed by atoms with Crippen LogP contribution < -0.4 is 5.32 Å². The fourth-order valence-corrected chi connectivity index (χ4v) is 11.0. The van der Waals surface area contributed by atoms with Crippen LogP contribution >= 0.6 is 0 Å². The molecule has 2 N–H and O–H groups in total. The van der Waals surface area contributed by atoms with Gasteiger partial charge in [0.15, 0.2) is 23.3 Å². The van der Waals surface area contributed by atoms with E-state index in [4.69, 9.17) is 9.72 Å². The summed E-state index contributed by atoms with van der Waals surface area (Å²) in [6.45, 7) is 17.5. The number of benzene rings is 5. The summed E-state index contributed by atoms with van der Waals surface area (Å²) in [5, 5.41) is 22.5. The Labute approximate surface area is 498 Å². The molecule has 3 amide bonds. The summed E-state index contributed by atoms with van der Waals surface area (Å²) in [4.78, 5) is 54.3. The number of carbonyl (C=O) groups is 3. The molecule has 15 nitrogen and oxygen atoms in total. The fraction of sp³-hybridized carbons (Fsp3) is 0.431. The average Bonchev–Trinajstić information content (AvgIpc) is 1.66. The van der Waals surface area contributed by atoms with Crippen molar-refractivity contribution >= 4 is 17.9 Å². The van der Waals surface area contributed by atoms with Gasteiger partial charge in [-0.05, 0) is 70.8 Å². The van der Waals surface area contributed by atoms with Gasteiger partial charge in [-0.25, -0.2) is 50.5 Å². The van der Waals surface area contributed by atoms with Crippen LogP contribution in [0.2, 0.25) is 0 Å². The number of aliphatic hydroxyl groups excluding tert-OH is 1. The first kappa shape index (κ1) is 64.1. The quantitative estimate of drug-likeness (QED) is 0.0791. The van der Waals surface area contributed by atoms with Gasteiger partial charge in [0, 0.05) is 50.5 Å². The number of rotatable bonds is 18. The van der Waals surface area contributed by atoms with E-state index < -0.39 is 94.4 Å². The predicted molar refractivity (Wildman–Crippen MR) is 314 cm³/mol. The SMILES string of the molecule is CC(C)C(=O)N(C[C@@H]1CN(C(=O)OCc2ccccc2)C[C@@H]1F)[C@@H](c1nc(-c2cc(F)ccc2F)nn1Cc1ccccc1)C(C)(C)C.C[C@H](O)C(=O)N(C[C@@H]1CNC[C@@H]1F)[C@@H](c1nc(-c2cc(F)ccc2F)nn1Cc1ccccc1)C(C)(C)C. The monoisotopic (exact) mass is 1190 g/mol. The van der Waals surface area contributed by atoms with E-state index in [1.165, 1.54) is 16.7 Å². The topological polar surface area (TPSA) is 164 Å². The number of halogens is 6. The maximum Gasteiger partial charge on any atom is 0.410 e. The number of aliphatic hydroxyl groups is 1. The zero-order valence-electron chi connectivity index (χ0n) is 50.0. The maximum atomic E-state index is 15.7. The molecule has 4 heterocycles. The zero-order valence-corrected chi connectivity index (χ0v) is 50.0. The van der Waals surface area contributed by atoms with Crippen molar-refractivity contribution in [1.29, 1.82) is 0 Å². The van der Waals surface area contributed by atoms with Crippen molar-refractivity contribution < 1.29 is 50.6 Å². The minimum Gasteiger partial charge on any atom is -0.445 e. The van der Waals surface area contributed by atoms with Crippen molar-refractivity contribution in [1.82, 2.24) is 49.5 Å². The highest BCUT2D eigenvalue weighted by Gasteiger charge is 2.46. The van der Waals surface area contributed by atoms with Gasteiger partial charge in [0.2, 0.25) is 5.91 Å². The van der Waals surface area contributed by atoms with Gasteiger partial charge >= 0.3 is 6.09 Å². The van der Waals surface area contributed by atoms with Crippen LogP contribution in [0, 0.1) is 51.9 Å². The molecule has 5 aromatic carbocycles. The van der Waals surface area contributed by atoms with Gasteiger partial charge < -0.3 is 29.9 Å². The number of amides is 3. The van der Waals surface area contributed by atoms with Crippen LogP contribution in [-0.4, -0.2) is 125 Å². The molecule has 0 saturated carbocycles. The first-order valence-corrected chi connectivity index (χ1v) is 28.9. The molecule has 86 heavy (non-hydrogen) atoms. The predicted octanol–water partition coefficient (Wildman–Crippen LogP) is 11.6. The summed E-state index contributed by atoms with van der Waals surface area (Å²) in [7, 11) is 0. The van der Waals surface area contributed by atoms with E-state index in [2.05, 4.69) is 20.5 Å². The van der Waals surface area contributed by atoms with E-state index in [-0.39, 0.29) is 81.1 Å². The molecule has 9 rings (SSSR count). The lowest BCUT2D eigenvalue weighted by molar-refractivity contribution is -0.146. The maximum absolute atomic E-state index is 15.7. The van der Waals surface area contributed by atoms with E-state index in [0.717, 1.165) is 53.1 Å². The Balaban J connectivity index is 0.000000230. The van der Waals surface area contributed by atoms with Crippen molar-refractivity contribution in [2.75, 3.05) is 39.3 Å². The third kappa shape index (κ3) is 15.7. The summed E-state index contributed by atoms with van der Waals surface area (Å²) >= 11 is 0. The molecular formula is C65H76F6N10O5. The molecule has 2 aromatic heterocycles. The summed E-state index contributed by atoms with van der Waals surface area (Å²) in [5.74, 6) is -4.46. The highest BCUT2D eigenvalue weighted by molar-refractivity contribution is 5.81. The molecule has 0 radical (unpaired) electrons. The Morgan fingerprint density at radius 3 is 1.47 bits per heavy atom. The van der Waals surface area contributed by atoms with Crippen LogP contribution in [0.25, 0.3) is 22.8 Å². The first-order chi connectivity index (χ1) is 40.8. The number of hydrogen-bond donors (Lipinski definition) is 2. The van der Waals surface area contributed by atoms with Gasteiger partial charge in [-0.1, -0.05) is 146 Å². The van der Waals surface area contributed by atoms with E-state index >= 15 is 8.78 Å². The number of carbonyl (C=O) groups excluding carboxylic acids is 3. The van der Waals surface area contributed by atoms with Crippen molar-refractivity contribution in [2.24, 2.45) is 28.6 Å². The van der Waals surface area contributed by atoms with Gasteiger partial charge in [-0.15, -0.1) is 0 Å². The van der Waals surface area contributed by atoms with Gasteiger partial charge in [-0.2, -0.15) is 10.2 Å². The Hall–Kier alpha value is -7.91. The Kier molecular flexibility index (Phi) is 20.6. The smallest absolute Gasteiger partial charge is 0.410 e. The molecule has 21 heteroatoms. The molecule has 0 aliphatic carbocycles. The fourth-order valence-electron chi connectivity index (χ4n) is 11.0. The second-order valence-electron chi connectivity index (χ2n) is 24.6. The highest BCUT2D eigenvalue weighted by atomic mass is 19.2. The van der Waals surface area contributed by atoms with Gasteiger partial charge in [-0.3, -0.25) is 9.59 Å². The van der Waals surface area contributed by atoms with Crippen LogP contribution in [0.1, 0.15) is 103 Å². The molecule has 7 atom stereocenters. The largest absolute Gasteiger partial charge is 0.445 e. The zero-order chi connectivity index (χ0) is 62.2. The van der Waals surface area contributed by atoms with Crippen molar-refractivity contribution in [3.8, 4) is 22.8 Å². The minimum absolute atomic E-state index is 0.00949. The second kappa shape index (κ2) is 27.6. The third-order valence-corrected chi connectivity index (χ3v) is 15.2. The van der Waals surface area contributed by atoms with Crippen LogP contribution in [0.15, 0.2) is 127 Å². The number of nitrogens with one attached hydrogen (secondary N) is 1. The summed E-state index contributed by atoms with van der Waals surface area (Å²) < 4.78 is 97.2. The van der Waals surface area contributed by atoms with E-state index in [1.807, 2.05) is 133 Å². The molecule has 2 aliphatic rings. The lowest BCUT2D eigenvalue weighted by atomic mass is 9.83. The molecule has 458 valence electrons. The number of aromatic nitrogens is 6. The average molecular weight is 1190 g/mol. The van der Waals surface area contributed by atoms with Gasteiger partial charge in [0.1, 0.15) is 48.3 Å². The van der Waals surface area contributed by atoms with Crippen LogP contribution in [-0.2, 0) is 34.0 Å². The van der Waals surface area contributed by atoms with Crippen molar-refractivity contribution in [3.05, 3.63) is 179 Å². The van der Waals surface area contributed by atoms with Crippen molar-refractivity contribution in [3.63, 3.8) is 0 Å². The second-order valence-corrected chi connectivity index (χ2v) is 24.6. The number of alkyl halides is 2. The Morgan fingerprint density at radius 1 is 0.605 bits per heavy atom. The molecule has 7 aromatic rings. The number of nitrogens with zero attached hydrogens (tertiary/aromatic N) is 9. The molecule has 2 saturated heterocycles. The van der Waals surface area contributed by atoms with Crippen LogP contribution in [0.5, 0.6) is 0 Å². The molecule has 0 spiro atoms. The first-order valence-electron chi connectivity index (χ1n) is 28.9. The molecule has 2 aliphatic heterocycles. The standard InChI is InChI=1S/C37H42F3N5O3.C28H34F3N5O2/c1-24(2)35(46)44(21-27-20-43(22-31(27)40)36(47)48-23-26-14-10-7-11-15-26)32(37(3,4)5)34-41-33(29-18-28(38)16-17-30(29)39)42-45(34)19-25-12-8-6-9-13-25;1-17(37)27(38)35(16-19-13-32-14-23(19)31)24(28(2,3)4)26-33-25(21-12-20(29)10-11-22(21)30)34-36(26)15-18-8-6-5-7-9-18/h6-18,24,27,31-32H,19-23H2,1-5H3;5-12,17,19,23-24,32,37H,13-16H2,1-4H3/t27-,31-,32-;17-,19-,23-,24-/m00/s1. The lowest BCUT2D eigenvalue weighted by Gasteiger charge is -2.41. The van der Waals surface area contributed by atoms with E-state index in [9.17, 15) is 37.1 Å². The molecule has 0 unspecified atom stereocenters. The third-order valence-electron chi connectivity index (χ3n) is 15.2. The summed E-state index contributed by atoms with van der Waals surface area (Å²) in [5.41, 5.74) is 1.05. The van der Waals surface area contributed by atoms with Crippen LogP contribution in [0.3, 0.4) is 0 Å². The Bertz CT molecular complexity index is 3410. The van der Waals surface area contributed by atoms with E-state index in [1.54, 1.807) is 28.1 Å². The number of hydrogen-bond acceptors (Lipinski definition) is 10. The number of ether oxygens (including phenoxy) is 1. The molecule has 0 bridgehead atoms. The minimum atomic E-state index is -1.41. The summed E-state index contributed by atoms with van der Waals surface area (Å²) in [6, 6.07) is 32.8. The molecule has 2 fully saturated rings. The Morgan fingerprint density at radius 2 is 1.05 bits per heavy atom. The van der Waals surface area contributed by atoms with Gasteiger partial charge in [0.25, 0.3) is 5.91 Å². The van der Waals surface area contributed by atoms with Gasteiger partial charge in [0.05, 0.1) is 42.8 Å². The molecular weight excluding hydrogens is 1110 g/mol. The normalized spacial score (nSPS) is 18.1. The lowest BCUT2D eigenvalue weighted by Crippen LogP contribution is -2.49. The van der Waals surface area contributed by atoms with Crippen molar-refractivity contribution in [2.45, 2.75) is 113 Å². The highest BCUT2D eigenvalue weighted by Crippen LogP contribution is 2.42. The number of likely N-dealkylation sites (tertiary alicyclic amines) is 1. The van der Waals surface area contributed by atoms with E-state index in [0.29, 0.717) is 18.2 Å².